The van der Waals surface area contributed by atoms with Crippen LogP contribution in [-0.4, -0.2) is 37.6 Å². The highest BCUT2D eigenvalue weighted by Gasteiger charge is 2.21. The van der Waals surface area contributed by atoms with Crippen LogP contribution in [0, 0.1) is 0 Å². The lowest BCUT2D eigenvalue weighted by Crippen LogP contribution is -2.38. The van der Waals surface area contributed by atoms with E-state index in [2.05, 4.69) is 17.3 Å². The molecule has 1 amide bonds. The van der Waals surface area contributed by atoms with Crippen LogP contribution in [0.4, 0.5) is 5.69 Å². The van der Waals surface area contributed by atoms with Gasteiger partial charge in [0.2, 0.25) is 5.91 Å². The van der Waals surface area contributed by atoms with E-state index in [0.29, 0.717) is 28.9 Å². The molecule has 0 aliphatic carbocycles. The zero-order valence-corrected chi connectivity index (χ0v) is 12.7. The molecule has 2 rings (SSSR count). The maximum Gasteiger partial charge on any atom is 0.225 e. The van der Waals surface area contributed by atoms with Gasteiger partial charge in [-0.1, -0.05) is 18.0 Å². The quantitative estimate of drug-likeness (QED) is 0.928. The van der Waals surface area contributed by atoms with Gasteiger partial charge in [0.05, 0.1) is 12.1 Å². The Hall–Kier alpha value is -1.26. The number of carbonyl (C=O) groups is 1. The summed E-state index contributed by atoms with van der Waals surface area (Å²) in [4.78, 5) is 14.3. The van der Waals surface area contributed by atoms with Gasteiger partial charge in [-0.25, -0.2) is 0 Å². The number of anilines is 1. The monoisotopic (exact) mass is 296 g/mol. The number of rotatable bonds is 4. The van der Waals surface area contributed by atoms with E-state index in [9.17, 15) is 4.79 Å². The smallest absolute Gasteiger partial charge is 0.225 e. The van der Waals surface area contributed by atoms with Crippen LogP contribution in [0.5, 0.6) is 5.75 Å². The molecule has 0 radical (unpaired) electrons. The zero-order valence-electron chi connectivity index (χ0n) is 12.0. The summed E-state index contributed by atoms with van der Waals surface area (Å²) in [6.45, 7) is 1.08. The maximum atomic E-state index is 12.1. The summed E-state index contributed by atoms with van der Waals surface area (Å²) in [5.41, 5.74) is 0.708. The van der Waals surface area contributed by atoms with E-state index in [1.807, 2.05) is 0 Å². The fourth-order valence-electron chi connectivity index (χ4n) is 2.57. The van der Waals surface area contributed by atoms with Crippen molar-refractivity contribution < 1.29 is 9.53 Å². The molecule has 4 nitrogen and oxygen atoms in total. The molecule has 1 N–H and O–H groups in total. The number of halogens is 1. The molecule has 20 heavy (non-hydrogen) atoms. The van der Waals surface area contributed by atoms with Gasteiger partial charge in [-0.15, -0.1) is 0 Å². The van der Waals surface area contributed by atoms with Crippen LogP contribution in [-0.2, 0) is 4.79 Å². The predicted octanol–water partition coefficient (Wildman–Crippen LogP) is 3.16. The number of methoxy groups -OCH3 is 1. The van der Waals surface area contributed by atoms with Crippen LogP contribution in [0.2, 0.25) is 5.02 Å². The lowest BCUT2D eigenvalue weighted by Gasteiger charge is -2.31. The molecule has 0 bridgehead atoms. The first-order valence-corrected chi connectivity index (χ1v) is 7.31. The number of carbonyl (C=O) groups excluding carboxylic acids is 1. The molecule has 1 aromatic carbocycles. The van der Waals surface area contributed by atoms with E-state index in [1.54, 1.807) is 25.3 Å². The Labute approximate surface area is 125 Å². The first kappa shape index (κ1) is 15.1. The molecule has 5 heteroatoms. The predicted molar refractivity (Wildman–Crippen MR) is 81.5 cm³/mol. The number of benzene rings is 1. The minimum absolute atomic E-state index is 0.0324. The third-order valence-corrected chi connectivity index (χ3v) is 4.07. The van der Waals surface area contributed by atoms with Crippen LogP contribution in [0.25, 0.3) is 0 Å². The Morgan fingerprint density at radius 1 is 1.50 bits per heavy atom. The average molecular weight is 297 g/mol. The topological polar surface area (TPSA) is 41.6 Å². The van der Waals surface area contributed by atoms with Gasteiger partial charge in [0, 0.05) is 18.2 Å². The molecule has 1 aliphatic heterocycles. The van der Waals surface area contributed by atoms with Gasteiger partial charge < -0.3 is 15.0 Å². The van der Waals surface area contributed by atoms with Crippen molar-refractivity contribution in [2.45, 2.75) is 31.7 Å². The average Bonchev–Trinajstić information content (AvgIpc) is 2.41. The number of nitrogens with one attached hydrogen (secondary N) is 1. The van der Waals surface area contributed by atoms with Crippen LogP contribution < -0.4 is 10.1 Å². The molecule has 1 saturated heterocycles. The van der Waals surface area contributed by atoms with E-state index in [0.717, 1.165) is 13.0 Å². The molecule has 0 saturated carbocycles. The normalized spacial score (nSPS) is 19.6. The number of likely N-dealkylation sites (tertiary alicyclic amines) is 1. The molecule has 1 atom stereocenters. The Bertz CT molecular complexity index is 479. The summed E-state index contributed by atoms with van der Waals surface area (Å²) >= 11 is 6.04. The van der Waals surface area contributed by atoms with Crippen LogP contribution in [0.15, 0.2) is 18.2 Å². The molecular formula is C15H21ClN2O2. The number of nitrogens with zero attached hydrogens (tertiary/aromatic N) is 1. The highest BCUT2D eigenvalue weighted by molar-refractivity contribution is 6.32. The zero-order chi connectivity index (χ0) is 14.5. The van der Waals surface area contributed by atoms with Crippen molar-refractivity contribution in [3.8, 4) is 5.75 Å². The van der Waals surface area contributed by atoms with E-state index in [4.69, 9.17) is 16.3 Å². The fourth-order valence-corrected chi connectivity index (χ4v) is 2.83. The third-order valence-electron chi connectivity index (χ3n) is 3.78. The van der Waals surface area contributed by atoms with Gasteiger partial charge in [0.15, 0.2) is 0 Å². The van der Waals surface area contributed by atoms with Crippen molar-refractivity contribution >= 4 is 23.2 Å². The minimum atomic E-state index is 0.0324. The number of amides is 1. The molecule has 1 unspecified atom stereocenters. The summed E-state index contributed by atoms with van der Waals surface area (Å²) in [6, 6.07) is 5.61. The van der Waals surface area contributed by atoms with E-state index in [-0.39, 0.29) is 5.91 Å². The summed E-state index contributed by atoms with van der Waals surface area (Å²) in [5.74, 6) is 0.640. The molecule has 1 aliphatic rings. The standard InChI is InChI=1S/C15H21ClN2O2/c1-18-8-4-3-5-12(18)10-15(19)17-11-6-7-14(20-2)13(16)9-11/h6-7,9,12H,3-5,8,10H2,1-2H3,(H,17,19). The van der Waals surface area contributed by atoms with Crippen molar-refractivity contribution in [1.29, 1.82) is 0 Å². The number of ether oxygens (including phenoxy) is 1. The maximum absolute atomic E-state index is 12.1. The van der Waals surface area contributed by atoms with Crippen LogP contribution >= 0.6 is 11.6 Å². The lowest BCUT2D eigenvalue weighted by atomic mass is 10.00. The molecule has 1 fully saturated rings. The first-order chi connectivity index (χ1) is 9.60. The number of piperidine rings is 1. The Balaban J connectivity index is 1.92. The van der Waals surface area contributed by atoms with Gasteiger partial charge in [-0.05, 0) is 44.6 Å². The molecule has 0 aromatic heterocycles. The van der Waals surface area contributed by atoms with E-state index >= 15 is 0 Å². The Morgan fingerprint density at radius 2 is 2.30 bits per heavy atom. The van der Waals surface area contributed by atoms with Gasteiger partial charge in [-0.3, -0.25) is 4.79 Å². The molecule has 110 valence electrons. The largest absolute Gasteiger partial charge is 0.495 e. The van der Waals surface area contributed by atoms with Gasteiger partial charge in [0.25, 0.3) is 0 Å². The summed E-state index contributed by atoms with van der Waals surface area (Å²) in [6.07, 6.45) is 4.05. The van der Waals surface area contributed by atoms with Gasteiger partial charge >= 0.3 is 0 Å². The molecule has 0 spiro atoms. The second kappa shape index (κ2) is 6.95. The van der Waals surface area contributed by atoms with Gasteiger partial charge in [-0.2, -0.15) is 0 Å². The lowest BCUT2D eigenvalue weighted by molar-refractivity contribution is -0.117. The molecule has 1 aromatic rings. The minimum Gasteiger partial charge on any atom is -0.495 e. The number of hydrogen-bond donors (Lipinski definition) is 1. The van der Waals surface area contributed by atoms with Crippen molar-refractivity contribution in [2.75, 3.05) is 26.0 Å². The third kappa shape index (κ3) is 3.87. The second-order valence-electron chi connectivity index (χ2n) is 5.23. The summed E-state index contributed by atoms with van der Waals surface area (Å²) in [7, 11) is 3.65. The van der Waals surface area contributed by atoms with Crippen molar-refractivity contribution in [3.63, 3.8) is 0 Å². The Kier molecular flexibility index (Phi) is 5.26. The van der Waals surface area contributed by atoms with E-state index in [1.165, 1.54) is 12.8 Å². The van der Waals surface area contributed by atoms with Crippen molar-refractivity contribution in [2.24, 2.45) is 0 Å². The van der Waals surface area contributed by atoms with Crippen LogP contribution in [0.1, 0.15) is 25.7 Å². The van der Waals surface area contributed by atoms with Gasteiger partial charge in [0.1, 0.15) is 5.75 Å². The molecular weight excluding hydrogens is 276 g/mol. The summed E-state index contributed by atoms with van der Waals surface area (Å²) in [5, 5.41) is 3.40. The van der Waals surface area contributed by atoms with E-state index < -0.39 is 0 Å². The molecule has 1 heterocycles. The van der Waals surface area contributed by atoms with Crippen LogP contribution in [0.3, 0.4) is 0 Å². The summed E-state index contributed by atoms with van der Waals surface area (Å²) < 4.78 is 5.09. The van der Waals surface area contributed by atoms with Crippen molar-refractivity contribution in [3.05, 3.63) is 23.2 Å². The number of hydrogen-bond acceptors (Lipinski definition) is 3. The second-order valence-corrected chi connectivity index (χ2v) is 5.64. The highest BCUT2D eigenvalue weighted by Crippen LogP contribution is 2.27. The first-order valence-electron chi connectivity index (χ1n) is 6.94. The Morgan fingerprint density at radius 3 is 2.95 bits per heavy atom. The fraction of sp³-hybridized carbons (Fsp3) is 0.533. The highest BCUT2D eigenvalue weighted by atomic mass is 35.5. The SMILES string of the molecule is COc1ccc(NC(=O)CC2CCCCN2C)cc1Cl. The van der Waals surface area contributed by atoms with Crippen molar-refractivity contribution in [1.82, 2.24) is 4.90 Å².